The molecule has 3 aromatic rings. The van der Waals surface area contributed by atoms with E-state index in [0.29, 0.717) is 30.4 Å². The Balaban J connectivity index is 1.55. The molecule has 1 heterocycles. The van der Waals surface area contributed by atoms with E-state index in [-0.39, 0.29) is 21.5 Å². The number of benzene rings is 3. The van der Waals surface area contributed by atoms with Crippen molar-refractivity contribution in [2.24, 2.45) is 0 Å². The van der Waals surface area contributed by atoms with E-state index in [1.165, 1.54) is 18.2 Å². The first kappa shape index (κ1) is 23.9. The van der Waals surface area contributed by atoms with Crippen LogP contribution in [0.15, 0.2) is 59.5 Å². The molecule has 1 aliphatic rings. The number of halogens is 1. The fraction of sp³-hybridized carbons (Fsp3) is 0.240. The topological polar surface area (TPSA) is 93.7 Å². The summed E-state index contributed by atoms with van der Waals surface area (Å²) >= 11 is 6.22. The molecular formula is C25H25ClN2O5S. The summed E-state index contributed by atoms with van der Waals surface area (Å²) in [5.41, 5.74) is 3.22. The lowest BCUT2D eigenvalue weighted by atomic mass is 10.1. The van der Waals surface area contributed by atoms with Gasteiger partial charge in [-0.1, -0.05) is 29.8 Å². The molecule has 0 radical (unpaired) electrons. The molecule has 0 saturated heterocycles. The van der Waals surface area contributed by atoms with E-state index in [0.717, 1.165) is 16.7 Å². The molecule has 0 saturated carbocycles. The minimum absolute atomic E-state index is 0.0224. The average Bonchev–Trinajstić information content (AvgIpc) is 2.81. The number of nitrogens with one attached hydrogen (secondary N) is 2. The van der Waals surface area contributed by atoms with E-state index in [4.69, 9.17) is 21.1 Å². The number of hydrogen-bond donors (Lipinski definition) is 2. The van der Waals surface area contributed by atoms with Crippen molar-refractivity contribution >= 4 is 33.2 Å². The van der Waals surface area contributed by atoms with Gasteiger partial charge in [-0.3, -0.25) is 9.52 Å². The molecule has 0 spiro atoms. The Morgan fingerprint density at radius 2 is 1.74 bits per heavy atom. The van der Waals surface area contributed by atoms with Crippen molar-refractivity contribution in [2.75, 3.05) is 17.9 Å². The van der Waals surface area contributed by atoms with Gasteiger partial charge in [0.05, 0.1) is 16.8 Å². The van der Waals surface area contributed by atoms with Crippen LogP contribution in [0, 0.1) is 13.8 Å². The lowest BCUT2D eigenvalue weighted by molar-refractivity contribution is 0.0939. The van der Waals surface area contributed by atoms with Crippen LogP contribution in [0.5, 0.6) is 11.5 Å². The number of anilines is 1. The molecular weight excluding hydrogens is 476 g/mol. The van der Waals surface area contributed by atoms with Crippen LogP contribution in [-0.2, 0) is 10.0 Å². The summed E-state index contributed by atoms with van der Waals surface area (Å²) in [5, 5.41) is 2.91. The van der Waals surface area contributed by atoms with E-state index in [9.17, 15) is 13.2 Å². The average molecular weight is 501 g/mol. The zero-order chi connectivity index (χ0) is 24.5. The number of rotatable bonds is 6. The number of fused-ring (bicyclic) bond motifs is 1. The van der Waals surface area contributed by atoms with Crippen molar-refractivity contribution in [3.63, 3.8) is 0 Å². The van der Waals surface area contributed by atoms with Crippen LogP contribution in [-0.4, -0.2) is 27.5 Å². The van der Waals surface area contributed by atoms with E-state index in [1.54, 1.807) is 18.2 Å². The fourth-order valence-corrected chi connectivity index (χ4v) is 5.25. The Labute approximate surface area is 204 Å². The summed E-state index contributed by atoms with van der Waals surface area (Å²) in [6.45, 7) is 6.53. The zero-order valence-corrected chi connectivity index (χ0v) is 20.6. The molecule has 4 rings (SSSR count). The van der Waals surface area contributed by atoms with Gasteiger partial charge in [-0.15, -0.1) is 0 Å². The van der Waals surface area contributed by atoms with Crippen molar-refractivity contribution in [2.45, 2.75) is 31.7 Å². The highest BCUT2D eigenvalue weighted by Gasteiger charge is 2.22. The maximum absolute atomic E-state index is 13.1. The van der Waals surface area contributed by atoms with Crippen molar-refractivity contribution in [3.05, 3.63) is 81.9 Å². The van der Waals surface area contributed by atoms with Crippen molar-refractivity contribution in [1.82, 2.24) is 5.32 Å². The highest BCUT2D eigenvalue weighted by molar-refractivity contribution is 7.92. The second-order valence-corrected chi connectivity index (χ2v) is 10.2. The Morgan fingerprint density at radius 1 is 1.00 bits per heavy atom. The molecule has 0 aliphatic carbocycles. The van der Waals surface area contributed by atoms with Gasteiger partial charge in [0.15, 0.2) is 11.5 Å². The van der Waals surface area contributed by atoms with E-state index in [1.807, 2.05) is 39.0 Å². The number of ether oxygens (including phenoxy) is 2. The molecule has 7 nitrogen and oxygen atoms in total. The number of carbonyl (C=O) groups excluding carboxylic acids is 1. The summed E-state index contributed by atoms with van der Waals surface area (Å²) in [5.74, 6) is 0.863. The lowest BCUT2D eigenvalue weighted by Gasteiger charge is -2.21. The molecule has 178 valence electrons. The van der Waals surface area contributed by atoms with Crippen LogP contribution in [0.2, 0.25) is 5.02 Å². The minimum Gasteiger partial charge on any atom is -0.486 e. The molecule has 0 bridgehead atoms. The SMILES string of the molecule is Cc1cccc(NS(=O)(=O)c2cc(C(=O)NC(C)c3ccc4c(c3)OCCO4)ccc2Cl)c1C. The smallest absolute Gasteiger partial charge is 0.263 e. The quantitative estimate of drug-likeness (QED) is 0.495. The van der Waals surface area contributed by atoms with Crippen molar-refractivity contribution in [1.29, 1.82) is 0 Å². The first-order chi connectivity index (χ1) is 16.2. The summed E-state index contributed by atoms with van der Waals surface area (Å²) in [7, 11) is -4.02. The molecule has 2 N–H and O–H groups in total. The molecule has 0 aromatic heterocycles. The maximum atomic E-state index is 13.1. The van der Waals surface area contributed by atoms with Gasteiger partial charge in [0.1, 0.15) is 18.1 Å². The summed E-state index contributed by atoms with van der Waals surface area (Å²) in [6, 6.07) is 14.6. The molecule has 3 aromatic carbocycles. The summed E-state index contributed by atoms with van der Waals surface area (Å²) in [4.78, 5) is 12.8. The molecule has 9 heteroatoms. The molecule has 1 atom stereocenters. The second-order valence-electron chi connectivity index (χ2n) is 8.10. The molecule has 1 unspecified atom stereocenters. The van der Waals surface area contributed by atoms with Crippen LogP contribution < -0.4 is 19.5 Å². The third kappa shape index (κ3) is 4.98. The lowest BCUT2D eigenvalue weighted by Crippen LogP contribution is -2.27. The molecule has 0 fully saturated rings. The standard InChI is InChI=1S/C25H25ClN2O5S/c1-15-5-4-6-21(16(15)2)28-34(30,31)24-14-19(7-9-20(24)26)25(29)27-17(3)18-8-10-22-23(13-18)33-12-11-32-22/h4-10,13-14,17,28H,11-12H2,1-3H3,(H,27,29). The Hall–Kier alpha value is -3.23. The van der Waals surface area contributed by atoms with Gasteiger partial charge in [-0.25, -0.2) is 8.42 Å². The number of aryl methyl sites for hydroxylation is 1. The highest BCUT2D eigenvalue weighted by atomic mass is 35.5. The van der Waals surface area contributed by atoms with E-state index < -0.39 is 15.9 Å². The number of carbonyl (C=O) groups is 1. The van der Waals surface area contributed by atoms with E-state index in [2.05, 4.69) is 10.0 Å². The van der Waals surface area contributed by atoms with Crippen molar-refractivity contribution < 1.29 is 22.7 Å². The summed E-state index contributed by atoms with van der Waals surface area (Å²) in [6.07, 6.45) is 0. The second kappa shape index (κ2) is 9.56. The molecule has 1 amide bonds. The van der Waals surface area contributed by atoms with Crippen LogP contribution in [0.1, 0.15) is 40.0 Å². The zero-order valence-electron chi connectivity index (χ0n) is 19.0. The van der Waals surface area contributed by atoms with Gasteiger partial charge in [0.2, 0.25) is 0 Å². The predicted octanol–water partition coefficient (Wildman–Crippen LogP) is 5.02. The minimum atomic E-state index is -4.02. The normalized spacial score (nSPS) is 13.8. The van der Waals surface area contributed by atoms with Gasteiger partial charge in [-0.2, -0.15) is 0 Å². The van der Waals surface area contributed by atoms with Gasteiger partial charge < -0.3 is 14.8 Å². The van der Waals surface area contributed by atoms with Crippen LogP contribution in [0.25, 0.3) is 0 Å². The number of amides is 1. The maximum Gasteiger partial charge on any atom is 0.263 e. The van der Waals surface area contributed by atoms with E-state index >= 15 is 0 Å². The van der Waals surface area contributed by atoms with Gasteiger partial charge >= 0.3 is 0 Å². The first-order valence-corrected chi connectivity index (χ1v) is 12.6. The largest absolute Gasteiger partial charge is 0.486 e. The molecule has 34 heavy (non-hydrogen) atoms. The monoisotopic (exact) mass is 500 g/mol. The van der Waals surface area contributed by atoms with Crippen LogP contribution >= 0.6 is 11.6 Å². The highest BCUT2D eigenvalue weighted by Crippen LogP contribution is 2.33. The Morgan fingerprint density at radius 3 is 2.50 bits per heavy atom. The summed E-state index contributed by atoms with van der Waals surface area (Å²) < 4.78 is 39.9. The van der Waals surface area contributed by atoms with Crippen LogP contribution in [0.3, 0.4) is 0 Å². The van der Waals surface area contributed by atoms with Crippen molar-refractivity contribution in [3.8, 4) is 11.5 Å². The Kier molecular flexibility index (Phi) is 6.72. The predicted molar refractivity (Wildman–Crippen MR) is 131 cm³/mol. The third-order valence-electron chi connectivity index (χ3n) is 5.75. The first-order valence-electron chi connectivity index (χ1n) is 10.7. The number of hydrogen-bond acceptors (Lipinski definition) is 5. The van der Waals surface area contributed by atoms with Crippen LogP contribution in [0.4, 0.5) is 5.69 Å². The van der Waals surface area contributed by atoms with Gasteiger partial charge in [0.25, 0.3) is 15.9 Å². The Bertz CT molecular complexity index is 1360. The molecule has 1 aliphatic heterocycles. The third-order valence-corrected chi connectivity index (χ3v) is 7.59. The number of sulfonamides is 1. The van der Waals surface area contributed by atoms with Gasteiger partial charge in [0, 0.05) is 5.56 Å². The van der Waals surface area contributed by atoms with Gasteiger partial charge in [-0.05, 0) is 73.9 Å². The fourth-order valence-electron chi connectivity index (χ4n) is 3.60.